The van der Waals surface area contributed by atoms with Gasteiger partial charge in [0.1, 0.15) is 18.0 Å². The number of allylic oxidation sites excluding steroid dienone is 1. The number of hydrogen-bond acceptors (Lipinski definition) is 6. The van der Waals surface area contributed by atoms with Crippen molar-refractivity contribution in [1.29, 1.82) is 0 Å². The molecule has 6 N–H and O–H groups in total. The fraction of sp³-hybridized carbons (Fsp3) is 0.200. The van der Waals surface area contributed by atoms with Gasteiger partial charge in [-0.25, -0.2) is 12.8 Å². The van der Waals surface area contributed by atoms with Crippen LogP contribution in [0.5, 0.6) is 0 Å². The first-order valence-corrected chi connectivity index (χ1v) is 11.0. The van der Waals surface area contributed by atoms with Crippen molar-refractivity contribution in [2.75, 3.05) is 11.3 Å². The van der Waals surface area contributed by atoms with Gasteiger partial charge >= 0.3 is 0 Å². The van der Waals surface area contributed by atoms with Crippen molar-refractivity contribution in [3.05, 3.63) is 70.0 Å². The highest BCUT2D eigenvalue weighted by Crippen LogP contribution is 2.19. The molecule has 0 aliphatic rings. The molecule has 0 fully saturated rings. The third-order valence-electron chi connectivity index (χ3n) is 4.22. The predicted octanol–water partition coefficient (Wildman–Crippen LogP) is -0.0409. The quantitative estimate of drug-likeness (QED) is 0.122. The molecule has 0 atom stereocenters. The van der Waals surface area contributed by atoms with Crippen molar-refractivity contribution in [2.24, 2.45) is 16.5 Å². The average Bonchev–Trinajstić information content (AvgIpc) is 2.74. The number of halogens is 1. The van der Waals surface area contributed by atoms with Gasteiger partial charge in [0.15, 0.2) is 12.2 Å². The second kappa shape index (κ2) is 11.0. The van der Waals surface area contributed by atoms with E-state index in [0.29, 0.717) is 6.29 Å². The van der Waals surface area contributed by atoms with Gasteiger partial charge in [0.05, 0.1) is 10.6 Å². The molecule has 0 saturated carbocycles. The summed E-state index contributed by atoms with van der Waals surface area (Å²) in [4.78, 5) is 39.5. The number of aromatic nitrogens is 1. The van der Waals surface area contributed by atoms with E-state index in [0.717, 1.165) is 16.7 Å². The van der Waals surface area contributed by atoms with Crippen molar-refractivity contribution in [3.8, 4) is 0 Å². The van der Waals surface area contributed by atoms with E-state index in [-0.39, 0.29) is 40.8 Å². The van der Waals surface area contributed by atoms with Gasteiger partial charge in [-0.05, 0) is 43.2 Å². The van der Waals surface area contributed by atoms with Crippen molar-refractivity contribution >= 4 is 33.9 Å². The Bertz CT molecular complexity index is 1270. The second-order valence-corrected chi connectivity index (χ2v) is 8.44. The van der Waals surface area contributed by atoms with Crippen molar-refractivity contribution in [3.63, 3.8) is 0 Å². The van der Waals surface area contributed by atoms with E-state index in [4.69, 9.17) is 11.5 Å². The van der Waals surface area contributed by atoms with Crippen LogP contribution in [-0.4, -0.2) is 37.7 Å². The number of nitrogens with two attached hydrogens (primary N) is 2. The van der Waals surface area contributed by atoms with E-state index in [2.05, 4.69) is 15.0 Å². The number of sulfonamides is 1. The Morgan fingerprint density at radius 3 is 2.67 bits per heavy atom. The molecule has 2 rings (SSSR count). The van der Waals surface area contributed by atoms with Crippen LogP contribution in [0.1, 0.15) is 12.0 Å². The Morgan fingerprint density at radius 2 is 2.00 bits per heavy atom. The van der Waals surface area contributed by atoms with Crippen LogP contribution >= 0.6 is 0 Å². The molecule has 0 aliphatic carbocycles. The number of benzene rings is 1. The number of aldehydes is 1. The number of rotatable bonds is 10. The lowest BCUT2D eigenvalue weighted by Crippen LogP contribution is -2.33. The molecule has 0 radical (unpaired) electrons. The van der Waals surface area contributed by atoms with E-state index in [1.807, 2.05) is 0 Å². The number of carbonyl (C=O) groups is 2. The number of anilines is 1. The first-order valence-electron chi connectivity index (χ1n) is 9.52. The van der Waals surface area contributed by atoms with E-state index in [9.17, 15) is 27.2 Å². The summed E-state index contributed by atoms with van der Waals surface area (Å²) in [7, 11) is -4.26. The number of carbonyl (C=O) groups excluding carboxylic acids is 2. The standard InChI is InChI=1S/C20H23FN6O5S/c1-13-6-7-14(21)10-17(13)33(31,32)26-16-5-3-9-27(19(16)30)11-18(29)25-15(12-28)4-2-8-24-20(22)23/h3-7,9-10,12,26H,2,8,11H2,1H3,(H,25,29)(H4,22,23,24)/b15-4+. The number of amides is 1. The molecule has 0 unspecified atom stereocenters. The Labute approximate surface area is 189 Å². The Balaban J connectivity index is 2.16. The molecular formula is C20H23FN6O5S. The fourth-order valence-electron chi connectivity index (χ4n) is 2.70. The molecule has 0 aliphatic heterocycles. The Hall–Kier alpha value is -4.00. The maximum Gasteiger partial charge on any atom is 0.275 e. The SMILES string of the molecule is Cc1ccc(F)cc1S(=O)(=O)Nc1cccn(CC(=O)N/C(C=O)=C/CCN=C(N)N)c1=O. The summed E-state index contributed by atoms with van der Waals surface area (Å²) in [5.41, 5.74) is 9.49. The Kier molecular flexibility index (Phi) is 8.45. The molecule has 0 spiro atoms. The smallest absolute Gasteiger partial charge is 0.275 e. The number of guanidine groups is 1. The maximum absolute atomic E-state index is 13.5. The van der Waals surface area contributed by atoms with Crippen LogP contribution in [0.2, 0.25) is 0 Å². The largest absolute Gasteiger partial charge is 0.370 e. The monoisotopic (exact) mass is 478 g/mol. The molecule has 13 heteroatoms. The molecule has 176 valence electrons. The Morgan fingerprint density at radius 1 is 1.27 bits per heavy atom. The molecule has 0 saturated heterocycles. The van der Waals surface area contributed by atoms with Crippen LogP contribution in [0.3, 0.4) is 0 Å². The van der Waals surface area contributed by atoms with Gasteiger partial charge in [-0.1, -0.05) is 12.1 Å². The molecule has 11 nitrogen and oxygen atoms in total. The third kappa shape index (κ3) is 7.28. The average molecular weight is 479 g/mol. The van der Waals surface area contributed by atoms with Gasteiger partial charge in [0.2, 0.25) is 5.91 Å². The summed E-state index contributed by atoms with van der Waals surface area (Å²) in [6, 6.07) is 5.82. The number of nitrogens with zero attached hydrogens (tertiary/aromatic N) is 2. The molecule has 1 heterocycles. The van der Waals surface area contributed by atoms with Gasteiger partial charge in [-0.2, -0.15) is 0 Å². The van der Waals surface area contributed by atoms with E-state index in [1.165, 1.54) is 37.4 Å². The highest BCUT2D eigenvalue weighted by Gasteiger charge is 2.20. The zero-order chi connectivity index (χ0) is 24.6. The summed E-state index contributed by atoms with van der Waals surface area (Å²) >= 11 is 0. The van der Waals surface area contributed by atoms with Gasteiger partial charge in [0.25, 0.3) is 15.6 Å². The summed E-state index contributed by atoms with van der Waals surface area (Å²) < 4.78 is 41.9. The van der Waals surface area contributed by atoms with Crippen LogP contribution in [0.4, 0.5) is 10.1 Å². The van der Waals surface area contributed by atoms with Gasteiger partial charge in [-0.15, -0.1) is 0 Å². The fourth-order valence-corrected chi connectivity index (χ4v) is 4.01. The number of hydrogen-bond donors (Lipinski definition) is 4. The molecule has 33 heavy (non-hydrogen) atoms. The van der Waals surface area contributed by atoms with E-state index < -0.39 is 33.9 Å². The van der Waals surface area contributed by atoms with Gasteiger partial charge < -0.3 is 21.4 Å². The minimum Gasteiger partial charge on any atom is -0.370 e. The number of pyridine rings is 1. The minimum absolute atomic E-state index is 0.0442. The number of nitrogens with one attached hydrogen (secondary N) is 2. The van der Waals surface area contributed by atoms with Crippen LogP contribution in [0, 0.1) is 12.7 Å². The third-order valence-corrected chi connectivity index (χ3v) is 5.72. The highest BCUT2D eigenvalue weighted by atomic mass is 32.2. The first-order chi connectivity index (χ1) is 15.5. The topological polar surface area (TPSA) is 179 Å². The highest BCUT2D eigenvalue weighted by molar-refractivity contribution is 7.92. The predicted molar refractivity (Wildman–Crippen MR) is 120 cm³/mol. The van der Waals surface area contributed by atoms with Crippen molar-refractivity contribution in [2.45, 2.75) is 24.8 Å². The lowest BCUT2D eigenvalue weighted by Gasteiger charge is -2.12. The number of aryl methyl sites for hydroxylation is 1. The normalized spacial score (nSPS) is 11.5. The first kappa shape index (κ1) is 25.3. The zero-order valence-electron chi connectivity index (χ0n) is 17.6. The second-order valence-electron chi connectivity index (χ2n) is 6.79. The van der Waals surface area contributed by atoms with Gasteiger partial charge in [0, 0.05) is 12.7 Å². The summed E-state index contributed by atoms with van der Waals surface area (Å²) in [5, 5.41) is 2.34. The van der Waals surface area contributed by atoms with Crippen LogP contribution < -0.4 is 27.1 Å². The molecule has 1 amide bonds. The molecular weight excluding hydrogens is 455 g/mol. The maximum atomic E-state index is 13.5. The molecule has 1 aromatic heterocycles. The summed E-state index contributed by atoms with van der Waals surface area (Å²) in [5.74, 6) is -1.55. The van der Waals surface area contributed by atoms with Crippen molar-refractivity contribution in [1.82, 2.24) is 9.88 Å². The van der Waals surface area contributed by atoms with Crippen LogP contribution in [-0.2, 0) is 26.2 Å². The summed E-state index contributed by atoms with van der Waals surface area (Å²) in [6.07, 6.45) is 3.38. The van der Waals surface area contributed by atoms with E-state index in [1.54, 1.807) is 0 Å². The molecule has 2 aromatic rings. The lowest BCUT2D eigenvalue weighted by molar-refractivity contribution is -0.121. The zero-order valence-corrected chi connectivity index (χ0v) is 18.4. The number of aliphatic imine (C=N–C) groups is 1. The minimum atomic E-state index is -4.26. The van der Waals surface area contributed by atoms with E-state index >= 15 is 0 Å². The molecule has 0 bridgehead atoms. The van der Waals surface area contributed by atoms with Crippen molar-refractivity contribution < 1.29 is 22.4 Å². The lowest BCUT2D eigenvalue weighted by atomic mass is 10.2. The van der Waals surface area contributed by atoms with Crippen LogP contribution in [0.15, 0.2) is 63.0 Å². The summed E-state index contributed by atoms with van der Waals surface area (Å²) in [6.45, 7) is 1.20. The van der Waals surface area contributed by atoms with Crippen LogP contribution in [0.25, 0.3) is 0 Å². The molecule has 1 aromatic carbocycles. The van der Waals surface area contributed by atoms with Gasteiger partial charge in [-0.3, -0.25) is 24.1 Å².